The maximum Gasteiger partial charge on any atom is 0.336 e. The van der Waals surface area contributed by atoms with Gasteiger partial charge < -0.3 is 9.52 Å². The maximum atomic E-state index is 10.9. The SMILES string of the molecule is O=c1ccc2c(CBr)cc(O)cc2o1. The smallest absolute Gasteiger partial charge is 0.336 e. The lowest BCUT2D eigenvalue weighted by Crippen LogP contribution is -1.95. The van der Waals surface area contributed by atoms with Gasteiger partial charge in [-0.3, -0.25) is 0 Å². The predicted molar refractivity (Wildman–Crippen MR) is 56.8 cm³/mol. The summed E-state index contributed by atoms with van der Waals surface area (Å²) in [6, 6.07) is 6.13. The highest BCUT2D eigenvalue weighted by Gasteiger charge is 2.04. The first kappa shape index (κ1) is 9.27. The highest BCUT2D eigenvalue weighted by molar-refractivity contribution is 9.08. The Balaban J connectivity index is 2.87. The Kier molecular flexibility index (Phi) is 2.29. The van der Waals surface area contributed by atoms with Crippen LogP contribution in [0.4, 0.5) is 0 Å². The lowest BCUT2D eigenvalue weighted by molar-refractivity contribution is 0.472. The van der Waals surface area contributed by atoms with Gasteiger partial charge in [-0.15, -0.1) is 0 Å². The minimum atomic E-state index is -0.413. The summed E-state index contributed by atoms with van der Waals surface area (Å²) in [6.45, 7) is 0. The van der Waals surface area contributed by atoms with Crippen molar-refractivity contribution >= 4 is 26.9 Å². The summed E-state index contributed by atoms with van der Waals surface area (Å²) in [5.74, 6) is 0.0984. The van der Waals surface area contributed by atoms with Gasteiger partial charge in [0.05, 0.1) is 0 Å². The van der Waals surface area contributed by atoms with E-state index in [4.69, 9.17) is 4.42 Å². The highest BCUT2D eigenvalue weighted by Crippen LogP contribution is 2.25. The number of alkyl halides is 1. The third-order valence-corrected chi connectivity index (χ3v) is 2.56. The Morgan fingerprint density at radius 3 is 2.86 bits per heavy atom. The van der Waals surface area contributed by atoms with Gasteiger partial charge in [0.2, 0.25) is 0 Å². The van der Waals surface area contributed by atoms with Crippen LogP contribution in [-0.2, 0) is 5.33 Å². The molecule has 0 radical (unpaired) electrons. The van der Waals surface area contributed by atoms with Crippen LogP contribution in [0.2, 0.25) is 0 Å². The van der Waals surface area contributed by atoms with E-state index in [2.05, 4.69) is 15.9 Å². The van der Waals surface area contributed by atoms with E-state index in [-0.39, 0.29) is 5.75 Å². The van der Waals surface area contributed by atoms with Gasteiger partial charge in [-0.25, -0.2) is 4.79 Å². The van der Waals surface area contributed by atoms with Crippen LogP contribution in [0.25, 0.3) is 11.0 Å². The van der Waals surface area contributed by atoms with E-state index in [1.807, 2.05) is 0 Å². The summed E-state index contributed by atoms with van der Waals surface area (Å²) < 4.78 is 4.95. The van der Waals surface area contributed by atoms with E-state index in [0.29, 0.717) is 10.9 Å². The topological polar surface area (TPSA) is 50.4 Å². The lowest BCUT2D eigenvalue weighted by atomic mass is 10.1. The number of fused-ring (bicyclic) bond motifs is 1. The van der Waals surface area contributed by atoms with Crippen molar-refractivity contribution in [2.75, 3.05) is 0 Å². The van der Waals surface area contributed by atoms with Crippen LogP contribution in [0.3, 0.4) is 0 Å². The molecule has 0 bridgehead atoms. The molecular formula is C10H7BrO3. The fourth-order valence-corrected chi connectivity index (χ4v) is 1.81. The van der Waals surface area contributed by atoms with Gasteiger partial charge in [0, 0.05) is 22.8 Å². The van der Waals surface area contributed by atoms with Crippen molar-refractivity contribution in [1.29, 1.82) is 0 Å². The summed E-state index contributed by atoms with van der Waals surface area (Å²) in [4.78, 5) is 10.9. The molecule has 72 valence electrons. The Bertz CT molecular complexity index is 530. The van der Waals surface area contributed by atoms with Gasteiger partial charge in [-0.1, -0.05) is 15.9 Å². The number of aromatic hydroxyl groups is 1. The third-order valence-electron chi connectivity index (χ3n) is 1.95. The van der Waals surface area contributed by atoms with Crippen molar-refractivity contribution in [3.63, 3.8) is 0 Å². The lowest BCUT2D eigenvalue weighted by Gasteiger charge is -2.02. The fraction of sp³-hybridized carbons (Fsp3) is 0.100. The van der Waals surface area contributed by atoms with Gasteiger partial charge >= 0.3 is 5.63 Å². The molecule has 0 aliphatic heterocycles. The van der Waals surface area contributed by atoms with Crippen molar-refractivity contribution in [3.05, 3.63) is 40.2 Å². The van der Waals surface area contributed by atoms with Crippen LogP contribution in [-0.4, -0.2) is 5.11 Å². The summed E-state index contributed by atoms with van der Waals surface area (Å²) in [5.41, 5.74) is 0.888. The molecule has 0 aliphatic rings. The third kappa shape index (κ3) is 1.53. The molecule has 2 aromatic rings. The van der Waals surface area contributed by atoms with Crippen LogP contribution in [0.5, 0.6) is 5.75 Å². The summed E-state index contributed by atoms with van der Waals surface area (Å²) in [5, 5.41) is 10.8. The molecule has 1 N–H and O–H groups in total. The highest BCUT2D eigenvalue weighted by atomic mass is 79.9. The Labute approximate surface area is 88.1 Å². The number of rotatable bonds is 1. The van der Waals surface area contributed by atoms with Crippen molar-refractivity contribution in [1.82, 2.24) is 0 Å². The van der Waals surface area contributed by atoms with E-state index in [9.17, 15) is 9.90 Å². The van der Waals surface area contributed by atoms with E-state index in [1.165, 1.54) is 12.1 Å². The van der Waals surface area contributed by atoms with Crippen molar-refractivity contribution in [2.45, 2.75) is 5.33 Å². The first-order valence-electron chi connectivity index (χ1n) is 4.02. The molecule has 1 aromatic carbocycles. The largest absolute Gasteiger partial charge is 0.508 e. The summed E-state index contributed by atoms with van der Waals surface area (Å²) in [7, 11) is 0. The molecular weight excluding hydrogens is 248 g/mol. The zero-order valence-electron chi connectivity index (χ0n) is 7.16. The monoisotopic (exact) mass is 254 g/mol. The molecule has 0 fully saturated rings. The number of hydrogen-bond acceptors (Lipinski definition) is 3. The molecule has 0 atom stereocenters. The molecule has 0 saturated heterocycles. The molecule has 14 heavy (non-hydrogen) atoms. The second-order valence-electron chi connectivity index (χ2n) is 2.90. The normalized spacial score (nSPS) is 10.6. The molecule has 1 aromatic heterocycles. The quantitative estimate of drug-likeness (QED) is 0.628. The van der Waals surface area contributed by atoms with Crippen molar-refractivity contribution < 1.29 is 9.52 Å². The summed E-state index contributed by atoms with van der Waals surface area (Å²) in [6.07, 6.45) is 0. The van der Waals surface area contributed by atoms with Crippen LogP contribution < -0.4 is 5.63 Å². The molecule has 0 aliphatic carbocycles. The standard InChI is InChI=1S/C10H7BrO3/c11-5-6-3-7(12)4-9-8(6)1-2-10(13)14-9/h1-4,12H,5H2. The molecule has 2 rings (SSSR count). The van der Waals surface area contributed by atoms with Crippen molar-refractivity contribution in [3.8, 4) is 5.75 Å². The zero-order chi connectivity index (χ0) is 10.1. The van der Waals surface area contributed by atoms with Crippen LogP contribution in [0.1, 0.15) is 5.56 Å². The molecule has 0 saturated carbocycles. The molecule has 0 spiro atoms. The first-order chi connectivity index (χ1) is 6.70. The number of phenols is 1. The van der Waals surface area contributed by atoms with Crippen LogP contribution in [0.15, 0.2) is 33.5 Å². The van der Waals surface area contributed by atoms with Gasteiger partial charge in [0.25, 0.3) is 0 Å². The van der Waals surface area contributed by atoms with Crippen LogP contribution >= 0.6 is 15.9 Å². The Hall–Kier alpha value is -1.29. The number of benzene rings is 1. The van der Waals surface area contributed by atoms with Gasteiger partial charge in [0.15, 0.2) is 0 Å². The molecule has 0 amide bonds. The number of halogens is 1. The molecule has 1 heterocycles. The minimum absolute atomic E-state index is 0.0984. The molecule has 3 nitrogen and oxygen atoms in total. The molecule has 4 heteroatoms. The van der Waals surface area contributed by atoms with Crippen molar-refractivity contribution in [2.24, 2.45) is 0 Å². The second-order valence-corrected chi connectivity index (χ2v) is 3.47. The zero-order valence-corrected chi connectivity index (χ0v) is 8.74. The average Bonchev–Trinajstić information content (AvgIpc) is 2.15. The fourth-order valence-electron chi connectivity index (χ4n) is 1.35. The van der Waals surface area contributed by atoms with Gasteiger partial charge in [-0.2, -0.15) is 0 Å². The van der Waals surface area contributed by atoms with Gasteiger partial charge in [0.1, 0.15) is 11.3 Å². The average molecular weight is 255 g/mol. The van der Waals surface area contributed by atoms with Gasteiger partial charge in [-0.05, 0) is 17.7 Å². The van der Waals surface area contributed by atoms with E-state index in [1.54, 1.807) is 12.1 Å². The minimum Gasteiger partial charge on any atom is -0.508 e. The molecule has 0 unspecified atom stereocenters. The Morgan fingerprint density at radius 1 is 1.36 bits per heavy atom. The van der Waals surface area contributed by atoms with E-state index < -0.39 is 5.63 Å². The second kappa shape index (κ2) is 3.46. The van der Waals surface area contributed by atoms with E-state index >= 15 is 0 Å². The maximum absolute atomic E-state index is 10.9. The Morgan fingerprint density at radius 2 is 2.14 bits per heavy atom. The number of hydrogen-bond donors (Lipinski definition) is 1. The van der Waals surface area contributed by atoms with E-state index in [0.717, 1.165) is 10.9 Å². The van der Waals surface area contributed by atoms with Crippen LogP contribution in [0, 0.1) is 0 Å². The number of phenolic OH excluding ortho intramolecular Hbond substituents is 1. The first-order valence-corrected chi connectivity index (χ1v) is 5.14. The summed E-state index contributed by atoms with van der Waals surface area (Å²) >= 11 is 3.30. The predicted octanol–water partition coefficient (Wildman–Crippen LogP) is 2.39.